The van der Waals surface area contributed by atoms with E-state index in [0.29, 0.717) is 23.3 Å². The molecule has 0 atom stereocenters. The smallest absolute Gasteiger partial charge is 0.341 e. The molecular formula is C18H13F2NO4. The molecule has 128 valence electrons. The molecular weight excluding hydrogens is 332 g/mol. The second-order valence-electron chi connectivity index (χ2n) is 5.11. The maximum absolute atomic E-state index is 13.5. The van der Waals surface area contributed by atoms with Crippen LogP contribution in [0.3, 0.4) is 0 Å². The predicted octanol–water partition coefficient (Wildman–Crippen LogP) is 3.99. The van der Waals surface area contributed by atoms with Gasteiger partial charge in [-0.05, 0) is 24.3 Å². The van der Waals surface area contributed by atoms with Crippen molar-refractivity contribution in [2.75, 3.05) is 7.11 Å². The van der Waals surface area contributed by atoms with Crippen molar-refractivity contribution in [2.45, 2.75) is 6.61 Å². The molecule has 0 fully saturated rings. The number of esters is 1. The fourth-order valence-corrected chi connectivity index (χ4v) is 2.16. The number of hydrogen-bond acceptors (Lipinski definition) is 5. The Kier molecular flexibility index (Phi) is 4.74. The first-order chi connectivity index (χ1) is 12.1. The lowest BCUT2D eigenvalue weighted by Gasteiger charge is -2.03. The summed E-state index contributed by atoms with van der Waals surface area (Å²) in [4.78, 5) is 11.9. The second kappa shape index (κ2) is 7.12. The summed E-state index contributed by atoms with van der Waals surface area (Å²) in [6, 6.07) is 11.4. The molecule has 0 spiro atoms. The zero-order valence-corrected chi connectivity index (χ0v) is 13.2. The molecule has 0 radical (unpaired) electrons. The Bertz CT molecular complexity index is 908. The number of benzene rings is 2. The molecule has 0 N–H and O–H groups in total. The lowest BCUT2D eigenvalue weighted by Crippen LogP contribution is -2.08. The topological polar surface area (TPSA) is 61.6 Å². The van der Waals surface area contributed by atoms with Crippen LogP contribution < -0.4 is 4.74 Å². The molecule has 0 aliphatic carbocycles. The molecule has 0 amide bonds. The van der Waals surface area contributed by atoms with Gasteiger partial charge in [-0.2, -0.15) is 0 Å². The Morgan fingerprint density at radius 1 is 1.16 bits per heavy atom. The third-order valence-electron chi connectivity index (χ3n) is 3.42. The highest BCUT2D eigenvalue weighted by atomic mass is 19.1. The van der Waals surface area contributed by atoms with Crippen LogP contribution in [0.25, 0.3) is 11.3 Å². The van der Waals surface area contributed by atoms with E-state index in [1.54, 1.807) is 31.4 Å². The molecule has 0 saturated heterocycles. The van der Waals surface area contributed by atoms with E-state index in [4.69, 9.17) is 14.0 Å². The second-order valence-corrected chi connectivity index (χ2v) is 5.11. The monoisotopic (exact) mass is 345 g/mol. The van der Waals surface area contributed by atoms with Crippen molar-refractivity contribution in [2.24, 2.45) is 0 Å². The summed E-state index contributed by atoms with van der Waals surface area (Å²) in [7, 11) is 1.55. The molecule has 25 heavy (non-hydrogen) atoms. The molecule has 5 nitrogen and oxygen atoms in total. The quantitative estimate of drug-likeness (QED) is 0.655. The van der Waals surface area contributed by atoms with Crippen LogP contribution in [-0.4, -0.2) is 18.2 Å². The fourth-order valence-electron chi connectivity index (χ4n) is 2.16. The molecule has 0 unspecified atom stereocenters. The van der Waals surface area contributed by atoms with Crippen molar-refractivity contribution in [1.29, 1.82) is 0 Å². The first kappa shape index (κ1) is 16.6. The maximum Gasteiger partial charge on any atom is 0.341 e. The van der Waals surface area contributed by atoms with Crippen molar-refractivity contribution in [3.05, 3.63) is 71.4 Å². The first-order valence-electron chi connectivity index (χ1n) is 7.29. The van der Waals surface area contributed by atoms with Crippen LogP contribution >= 0.6 is 0 Å². The van der Waals surface area contributed by atoms with Gasteiger partial charge in [0.2, 0.25) is 0 Å². The lowest BCUT2D eigenvalue weighted by atomic mass is 10.1. The van der Waals surface area contributed by atoms with Gasteiger partial charge in [-0.1, -0.05) is 17.3 Å². The third kappa shape index (κ3) is 3.82. The van der Waals surface area contributed by atoms with E-state index in [9.17, 15) is 13.6 Å². The van der Waals surface area contributed by atoms with Crippen molar-refractivity contribution in [1.82, 2.24) is 5.16 Å². The van der Waals surface area contributed by atoms with Crippen LogP contribution in [0.4, 0.5) is 8.78 Å². The number of methoxy groups -OCH3 is 1. The lowest BCUT2D eigenvalue weighted by molar-refractivity contribution is 0.0459. The summed E-state index contributed by atoms with van der Waals surface area (Å²) in [6.45, 7) is -0.205. The summed E-state index contributed by atoms with van der Waals surface area (Å²) in [5.74, 6) is -1.54. The number of nitrogens with zero attached hydrogens (tertiary/aromatic N) is 1. The van der Waals surface area contributed by atoms with E-state index in [-0.39, 0.29) is 12.2 Å². The van der Waals surface area contributed by atoms with Crippen molar-refractivity contribution < 1.29 is 27.6 Å². The maximum atomic E-state index is 13.5. The molecule has 1 heterocycles. The van der Waals surface area contributed by atoms with Gasteiger partial charge in [-0.15, -0.1) is 0 Å². The van der Waals surface area contributed by atoms with Crippen LogP contribution in [0.15, 0.2) is 53.1 Å². The van der Waals surface area contributed by atoms with Crippen LogP contribution in [-0.2, 0) is 11.3 Å². The number of aromatic nitrogens is 1. The van der Waals surface area contributed by atoms with Gasteiger partial charge < -0.3 is 14.0 Å². The number of ether oxygens (including phenoxy) is 2. The third-order valence-corrected chi connectivity index (χ3v) is 3.42. The summed E-state index contributed by atoms with van der Waals surface area (Å²) >= 11 is 0. The normalized spacial score (nSPS) is 10.5. The Morgan fingerprint density at radius 2 is 2.00 bits per heavy atom. The minimum absolute atomic E-state index is 0.205. The van der Waals surface area contributed by atoms with E-state index >= 15 is 0 Å². The van der Waals surface area contributed by atoms with Gasteiger partial charge in [0.05, 0.1) is 12.7 Å². The number of carbonyl (C=O) groups is 1. The first-order valence-corrected chi connectivity index (χ1v) is 7.29. The van der Waals surface area contributed by atoms with Gasteiger partial charge in [0.15, 0.2) is 5.76 Å². The van der Waals surface area contributed by atoms with E-state index in [1.807, 2.05) is 6.07 Å². The van der Waals surface area contributed by atoms with Crippen LogP contribution in [0, 0.1) is 11.6 Å². The minimum Gasteiger partial charge on any atom is -0.497 e. The SMILES string of the molecule is COc1cccc(-c2cc(COC(=O)c3ccc(F)cc3F)no2)c1. The molecule has 0 aliphatic rings. The standard InChI is InChI=1S/C18H13F2NO4/c1-23-14-4-2-3-11(7-14)17-9-13(21-25-17)10-24-18(22)15-6-5-12(19)8-16(15)20/h2-9H,10H2,1H3. The summed E-state index contributed by atoms with van der Waals surface area (Å²) < 4.78 is 41.7. The molecule has 0 saturated carbocycles. The highest BCUT2D eigenvalue weighted by Gasteiger charge is 2.15. The van der Waals surface area contributed by atoms with Crippen molar-refractivity contribution >= 4 is 5.97 Å². The van der Waals surface area contributed by atoms with Gasteiger partial charge in [-0.3, -0.25) is 0 Å². The molecule has 2 aromatic carbocycles. The Labute approximate surface area is 141 Å². The van der Waals surface area contributed by atoms with Crippen LogP contribution in [0.5, 0.6) is 5.75 Å². The van der Waals surface area contributed by atoms with Gasteiger partial charge in [0, 0.05) is 17.7 Å². The van der Waals surface area contributed by atoms with E-state index in [2.05, 4.69) is 5.16 Å². The summed E-state index contributed by atoms with van der Waals surface area (Å²) in [5, 5.41) is 3.80. The number of rotatable bonds is 5. The largest absolute Gasteiger partial charge is 0.497 e. The van der Waals surface area contributed by atoms with Gasteiger partial charge in [-0.25, -0.2) is 13.6 Å². The molecule has 3 rings (SSSR count). The summed E-state index contributed by atoms with van der Waals surface area (Å²) in [6.07, 6.45) is 0. The zero-order chi connectivity index (χ0) is 17.8. The zero-order valence-electron chi connectivity index (χ0n) is 13.2. The minimum atomic E-state index is -0.984. The molecule has 0 bridgehead atoms. The van der Waals surface area contributed by atoms with Gasteiger partial charge in [0.1, 0.15) is 29.7 Å². The number of hydrogen-bond donors (Lipinski definition) is 0. The van der Waals surface area contributed by atoms with E-state index in [0.717, 1.165) is 17.7 Å². The van der Waals surface area contributed by atoms with Crippen LogP contribution in [0.1, 0.15) is 16.1 Å². The van der Waals surface area contributed by atoms with Gasteiger partial charge >= 0.3 is 5.97 Å². The van der Waals surface area contributed by atoms with Crippen molar-refractivity contribution in [3.8, 4) is 17.1 Å². The average molecular weight is 345 g/mol. The molecule has 1 aromatic heterocycles. The predicted molar refractivity (Wildman–Crippen MR) is 84.0 cm³/mol. The van der Waals surface area contributed by atoms with E-state index < -0.39 is 17.6 Å². The van der Waals surface area contributed by atoms with Crippen molar-refractivity contribution in [3.63, 3.8) is 0 Å². The van der Waals surface area contributed by atoms with E-state index in [1.165, 1.54) is 0 Å². The number of halogens is 2. The Hall–Kier alpha value is -3.22. The number of carbonyl (C=O) groups excluding carboxylic acids is 1. The Balaban J connectivity index is 1.68. The van der Waals surface area contributed by atoms with Crippen LogP contribution in [0.2, 0.25) is 0 Å². The Morgan fingerprint density at radius 3 is 2.76 bits per heavy atom. The average Bonchev–Trinajstić information content (AvgIpc) is 3.09. The van der Waals surface area contributed by atoms with Gasteiger partial charge in [0.25, 0.3) is 0 Å². The highest BCUT2D eigenvalue weighted by Crippen LogP contribution is 2.24. The highest BCUT2D eigenvalue weighted by molar-refractivity contribution is 5.89. The molecule has 3 aromatic rings. The molecule has 0 aliphatic heterocycles. The summed E-state index contributed by atoms with van der Waals surface area (Å²) in [5.41, 5.74) is 0.751. The molecule has 7 heteroatoms. The fraction of sp³-hybridized carbons (Fsp3) is 0.111.